The molecule has 0 atom stereocenters. The standard InChI is InChI=1S/C17H15N3O4S/c1-25(23,24)20-13-6-4-11(5-7-13)15(17(21)22)9-12-10-19-16-14(12)3-2-8-18-16/h2-10,20H,1H3,(H,18,19)(H,21,22). The Balaban J connectivity index is 2.00. The van der Waals surface area contributed by atoms with Crippen LogP contribution >= 0.6 is 0 Å². The molecule has 0 radical (unpaired) electrons. The molecular formula is C17H15N3O4S. The molecule has 2 heterocycles. The van der Waals surface area contributed by atoms with Crippen LogP contribution in [0.1, 0.15) is 11.1 Å². The summed E-state index contributed by atoms with van der Waals surface area (Å²) >= 11 is 0. The molecule has 0 aliphatic rings. The Morgan fingerprint density at radius 3 is 2.60 bits per heavy atom. The summed E-state index contributed by atoms with van der Waals surface area (Å²) in [4.78, 5) is 18.8. The van der Waals surface area contributed by atoms with Crippen molar-refractivity contribution in [2.75, 3.05) is 11.0 Å². The molecule has 25 heavy (non-hydrogen) atoms. The van der Waals surface area contributed by atoms with Crippen LogP contribution in [0.4, 0.5) is 5.69 Å². The van der Waals surface area contributed by atoms with Crippen molar-refractivity contribution >= 4 is 44.4 Å². The lowest BCUT2D eigenvalue weighted by Gasteiger charge is -2.06. The van der Waals surface area contributed by atoms with Gasteiger partial charge < -0.3 is 10.1 Å². The van der Waals surface area contributed by atoms with Crippen LogP contribution in [0, 0.1) is 0 Å². The molecule has 0 unspecified atom stereocenters. The van der Waals surface area contributed by atoms with Crippen molar-refractivity contribution in [2.24, 2.45) is 0 Å². The zero-order valence-corrected chi connectivity index (χ0v) is 14.0. The maximum atomic E-state index is 11.7. The minimum absolute atomic E-state index is 0.0932. The number of nitrogens with zero attached hydrogens (tertiary/aromatic N) is 1. The van der Waals surface area contributed by atoms with E-state index in [1.807, 2.05) is 6.07 Å². The number of carbonyl (C=O) groups is 1. The number of rotatable bonds is 5. The van der Waals surface area contributed by atoms with Gasteiger partial charge in [0.2, 0.25) is 10.0 Å². The van der Waals surface area contributed by atoms with Crippen LogP contribution in [0.15, 0.2) is 48.8 Å². The van der Waals surface area contributed by atoms with Gasteiger partial charge in [-0.25, -0.2) is 18.2 Å². The van der Waals surface area contributed by atoms with Crippen LogP contribution in [0.2, 0.25) is 0 Å². The summed E-state index contributed by atoms with van der Waals surface area (Å²) < 4.78 is 24.8. The van der Waals surface area contributed by atoms with E-state index in [1.165, 1.54) is 12.1 Å². The van der Waals surface area contributed by atoms with Crippen LogP contribution in [0.3, 0.4) is 0 Å². The lowest BCUT2D eigenvalue weighted by atomic mass is 10.0. The zero-order valence-electron chi connectivity index (χ0n) is 13.2. The van der Waals surface area contributed by atoms with Gasteiger partial charge in [0.15, 0.2) is 0 Å². The first-order valence-corrected chi connectivity index (χ1v) is 9.18. The van der Waals surface area contributed by atoms with Crippen molar-refractivity contribution in [3.63, 3.8) is 0 Å². The van der Waals surface area contributed by atoms with Crippen LogP contribution in [0.25, 0.3) is 22.7 Å². The fourth-order valence-corrected chi connectivity index (χ4v) is 3.02. The Morgan fingerprint density at radius 2 is 1.96 bits per heavy atom. The second-order valence-electron chi connectivity index (χ2n) is 5.46. The average Bonchev–Trinajstić information content (AvgIpc) is 2.95. The van der Waals surface area contributed by atoms with Crippen molar-refractivity contribution in [2.45, 2.75) is 0 Å². The Bertz CT molecular complexity index is 1070. The van der Waals surface area contributed by atoms with Crippen molar-refractivity contribution in [1.29, 1.82) is 0 Å². The van der Waals surface area contributed by atoms with Crippen LogP contribution in [0.5, 0.6) is 0 Å². The number of aromatic amines is 1. The van der Waals surface area contributed by atoms with Crippen molar-refractivity contribution < 1.29 is 18.3 Å². The van der Waals surface area contributed by atoms with E-state index in [0.29, 0.717) is 22.5 Å². The molecule has 0 fully saturated rings. The minimum Gasteiger partial charge on any atom is -0.478 e. The van der Waals surface area contributed by atoms with Gasteiger partial charge in [-0.05, 0) is 35.9 Å². The quantitative estimate of drug-likeness (QED) is 0.608. The minimum atomic E-state index is -3.38. The number of carboxylic acids is 1. The van der Waals surface area contributed by atoms with Crippen molar-refractivity contribution in [3.05, 3.63) is 59.9 Å². The summed E-state index contributed by atoms with van der Waals surface area (Å²) in [7, 11) is -3.38. The van der Waals surface area contributed by atoms with Gasteiger partial charge in [0.05, 0.1) is 11.8 Å². The van der Waals surface area contributed by atoms with Crippen LogP contribution in [-0.2, 0) is 14.8 Å². The van der Waals surface area contributed by atoms with Gasteiger partial charge in [-0.15, -0.1) is 0 Å². The van der Waals surface area contributed by atoms with Gasteiger partial charge in [-0.1, -0.05) is 12.1 Å². The number of hydrogen-bond donors (Lipinski definition) is 3. The predicted octanol–water partition coefficient (Wildman–Crippen LogP) is 2.56. The zero-order chi connectivity index (χ0) is 18.0. The first kappa shape index (κ1) is 16.7. The van der Waals surface area contributed by atoms with Gasteiger partial charge in [0.1, 0.15) is 5.65 Å². The van der Waals surface area contributed by atoms with Crippen LogP contribution in [-0.4, -0.2) is 35.7 Å². The second-order valence-corrected chi connectivity index (χ2v) is 7.21. The van der Waals surface area contributed by atoms with Crippen LogP contribution < -0.4 is 4.72 Å². The lowest BCUT2D eigenvalue weighted by Crippen LogP contribution is -2.09. The third-order valence-corrected chi connectivity index (χ3v) is 4.12. The van der Waals surface area contributed by atoms with Gasteiger partial charge in [-0.3, -0.25) is 4.72 Å². The summed E-state index contributed by atoms with van der Waals surface area (Å²) in [6.07, 6.45) is 5.95. The summed E-state index contributed by atoms with van der Waals surface area (Å²) in [5.74, 6) is -1.08. The summed E-state index contributed by atoms with van der Waals surface area (Å²) in [6, 6.07) is 9.78. The molecule has 2 aromatic heterocycles. The molecule has 0 aliphatic carbocycles. The molecule has 3 rings (SSSR count). The summed E-state index contributed by atoms with van der Waals surface area (Å²) in [5, 5.41) is 10.4. The highest BCUT2D eigenvalue weighted by Crippen LogP contribution is 2.24. The third-order valence-electron chi connectivity index (χ3n) is 3.51. The highest BCUT2D eigenvalue weighted by molar-refractivity contribution is 7.92. The average molecular weight is 357 g/mol. The lowest BCUT2D eigenvalue weighted by molar-refractivity contribution is -0.130. The third kappa shape index (κ3) is 3.86. The maximum absolute atomic E-state index is 11.7. The second kappa shape index (κ2) is 6.40. The SMILES string of the molecule is CS(=O)(=O)Nc1ccc(C(=Cc2c[nH]c3ncccc23)C(=O)O)cc1. The highest BCUT2D eigenvalue weighted by Gasteiger charge is 2.13. The van der Waals surface area contributed by atoms with Crippen molar-refractivity contribution in [3.8, 4) is 0 Å². The Labute approximate surface area is 144 Å². The number of pyridine rings is 1. The molecule has 0 saturated carbocycles. The fraction of sp³-hybridized carbons (Fsp3) is 0.0588. The predicted molar refractivity (Wildman–Crippen MR) is 96.5 cm³/mol. The number of sulfonamides is 1. The van der Waals surface area contributed by atoms with E-state index in [4.69, 9.17) is 0 Å². The largest absolute Gasteiger partial charge is 0.478 e. The summed E-state index contributed by atoms with van der Waals surface area (Å²) in [5.41, 5.74) is 2.30. The number of anilines is 1. The first-order chi connectivity index (χ1) is 11.8. The molecule has 3 N–H and O–H groups in total. The number of aromatic nitrogens is 2. The number of aliphatic carboxylic acids is 1. The Kier molecular flexibility index (Phi) is 4.28. The Morgan fingerprint density at radius 1 is 1.24 bits per heavy atom. The van der Waals surface area contributed by atoms with E-state index in [9.17, 15) is 18.3 Å². The molecule has 7 nitrogen and oxygen atoms in total. The Hall–Kier alpha value is -3.13. The molecule has 8 heteroatoms. The van der Waals surface area contributed by atoms with E-state index in [1.54, 1.807) is 36.7 Å². The number of H-pyrrole nitrogens is 1. The van der Waals surface area contributed by atoms with E-state index in [-0.39, 0.29) is 5.57 Å². The monoisotopic (exact) mass is 357 g/mol. The smallest absolute Gasteiger partial charge is 0.336 e. The molecule has 1 aromatic carbocycles. The van der Waals surface area contributed by atoms with Gasteiger partial charge in [0.25, 0.3) is 0 Å². The van der Waals surface area contributed by atoms with E-state index >= 15 is 0 Å². The molecule has 0 saturated heterocycles. The van der Waals surface area contributed by atoms with Gasteiger partial charge in [-0.2, -0.15) is 0 Å². The molecule has 0 bridgehead atoms. The first-order valence-electron chi connectivity index (χ1n) is 7.29. The molecule has 0 aliphatic heterocycles. The van der Waals surface area contributed by atoms with E-state index < -0.39 is 16.0 Å². The molecule has 0 spiro atoms. The van der Waals surface area contributed by atoms with Crippen molar-refractivity contribution in [1.82, 2.24) is 9.97 Å². The molecular weight excluding hydrogens is 342 g/mol. The molecule has 128 valence electrons. The number of hydrogen-bond acceptors (Lipinski definition) is 4. The number of benzene rings is 1. The highest BCUT2D eigenvalue weighted by atomic mass is 32.2. The molecule has 0 amide bonds. The number of fused-ring (bicyclic) bond motifs is 1. The van der Waals surface area contributed by atoms with Gasteiger partial charge >= 0.3 is 5.97 Å². The van der Waals surface area contributed by atoms with E-state index in [0.717, 1.165) is 11.6 Å². The maximum Gasteiger partial charge on any atom is 0.336 e. The summed E-state index contributed by atoms with van der Waals surface area (Å²) in [6.45, 7) is 0. The number of nitrogens with one attached hydrogen (secondary N) is 2. The topological polar surface area (TPSA) is 112 Å². The van der Waals surface area contributed by atoms with Gasteiger partial charge in [0, 0.05) is 29.0 Å². The van der Waals surface area contributed by atoms with E-state index in [2.05, 4.69) is 14.7 Å². The molecule has 3 aromatic rings. The normalized spacial score (nSPS) is 12.3. The number of carboxylic acid groups (broad SMARTS) is 1. The fourth-order valence-electron chi connectivity index (χ4n) is 2.45.